The van der Waals surface area contributed by atoms with Crippen molar-refractivity contribution in [2.24, 2.45) is 0 Å². The van der Waals surface area contributed by atoms with Crippen LogP contribution in [-0.4, -0.2) is 5.33 Å². The summed E-state index contributed by atoms with van der Waals surface area (Å²) in [4.78, 5) is 0. The number of rotatable bonds is 5. The molecule has 1 rings (SSSR count). The Hall–Kier alpha value is -0.300. The molecule has 0 aliphatic heterocycles. The fourth-order valence-corrected chi connectivity index (χ4v) is 2.24. The Bertz CT molecular complexity index is 212. The third-order valence-corrected chi connectivity index (χ3v) is 2.82. The summed E-state index contributed by atoms with van der Waals surface area (Å²) in [6.07, 6.45) is 3.82. The lowest BCUT2D eigenvalue weighted by molar-refractivity contribution is 0.601. The van der Waals surface area contributed by atoms with Gasteiger partial charge >= 0.3 is 0 Å². The highest BCUT2D eigenvalue weighted by Gasteiger charge is 2.08. The highest BCUT2D eigenvalue weighted by Crippen LogP contribution is 2.25. The van der Waals surface area contributed by atoms with Crippen molar-refractivity contribution < 1.29 is 0 Å². The van der Waals surface area contributed by atoms with Gasteiger partial charge in [0.1, 0.15) is 0 Å². The van der Waals surface area contributed by atoms with Crippen LogP contribution in [0.15, 0.2) is 30.3 Å². The van der Waals surface area contributed by atoms with Crippen LogP contribution in [-0.2, 0) is 0 Å². The predicted molar refractivity (Wildman–Crippen MR) is 62.5 cm³/mol. The molecule has 0 nitrogen and oxygen atoms in total. The lowest BCUT2D eigenvalue weighted by Crippen LogP contribution is -1.98. The summed E-state index contributed by atoms with van der Waals surface area (Å²) in [5, 5.41) is 1.10. The van der Waals surface area contributed by atoms with Gasteiger partial charge in [0.2, 0.25) is 0 Å². The molecule has 0 bridgehead atoms. The zero-order valence-corrected chi connectivity index (χ0v) is 9.76. The number of hydrogen-bond donors (Lipinski definition) is 0. The van der Waals surface area contributed by atoms with Crippen LogP contribution >= 0.6 is 15.9 Å². The summed E-state index contributed by atoms with van der Waals surface area (Å²) in [6.45, 7) is 2.25. The van der Waals surface area contributed by atoms with Gasteiger partial charge in [-0.3, -0.25) is 0 Å². The topological polar surface area (TPSA) is 0 Å². The fourth-order valence-electron chi connectivity index (χ4n) is 1.68. The minimum atomic E-state index is 0.741. The van der Waals surface area contributed by atoms with Gasteiger partial charge in [0.25, 0.3) is 0 Å². The van der Waals surface area contributed by atoms with Gasteiger partial charge < -0.3 is 0 Å². The van der Waals surface area contributed by atoms with Gasteiger partial charge in [-0.1, -0.05) is 59.6 Å². The molecule has 0 saturated carbocycles. The third kappa shape index (κ3) is 3.51. The first-order valence-electron chi connectivity index (χ1n) is 4.99. The smallest absolute Gasteiger partial charge is 0.00371 e. The van der Waals surface area contributed by atoms with Crippen molar-refractivity contribution in [3.8, 4) is 0 Å². The van der Waals surface area contributed by atoms with E-state index in [1.54, 1.807) is 0 Å². The van der Waals surface area contributed by atoms with E-state index < -0.39 is 0 Å². The standard InChI is InChI=1S/C12H17Br/c1-2-6-11(9-10-13)12-7-4-3-5-8-12/h3-5,7-8,11H,2,6,9-10H2,1H3. The van der Waals surface area contributed by atoms with Gasteiger partial charge in [-0.2, -0.15) is 0 Å². The van der Waals surface area contributed by atoms with Crippen LogP contribution in [0.3, 0.4) is 0 Å². The van der Waals surface area contributed by atoms with Crippen molar-refractivity contribution in [3.05, 3.63) is 35.9 Å². The van der Waals surface area contributed by atoms with Crippen LogP contribution in [0.1, 0.15) is 37.7 Å². The predicted octanol–water partition coefficient (Wildman–Crippen LogP) is 4.36. The SMILES string of the molecule is CCCC(CCBr)c1ccccc1. The Morgan fingerprint density at radius 1 is 1.15 bits per heavy atom. The molecule has 0 spiro atoms. The highest BCUT2D eigenvalue weighted by molar-refractivity contribution is 9.09. The third-order valence-electron chi connectivity index (χ3n) is 2.37. The summed E-state index contributed by atoms with van der Waals surface area (Å²) >= 11 is 3.52. The van der Waals surface area contributed by atoms with Gasteiger partial charge in [0.05, 0.1) is 0 Å². The largest absolute Gasteiger partial charge is 0.0928 e. The Balaban J connectivity index is 2.64. The van der Waals surface area contributed by atoms with E-state index in [9.17, 15) is 0 Å². The molecule has 0 saturated heterocycles. The Morgan fingerprint density at radius 3 is 2.38 bits per heavy atom. The molecule has 0 amide bonds. The second-order valence-corrected chi connectivity index (χ2v) is 4.17. The van der Waals surface area contributed by atoms with Crippen molar-refractivity contribution in [2.45, 2.75) is 32.1 Å². The van der Waals surface area contributed by atoms with Crippen molar-refractivity contribution in [3.63, 3.8) is 0 Å². The minimum absolute atomic E-state index is 0.741. The quantitative estimate of drug-likeness (QED) is 0.672. The molecule has 0 aliphatic rings. The van der Waals surface area contributed by atoms with Crippen LogP contribution in [0.25, 0.3) is 0 Å². The Labute approximate surface area is 89.5 Å². The highest BCUT2D eigenvalue weighted by atomic mass is 79.9. The van der Waals surface area contributed by atoms with Crippen LogP contribution < -0.4 is 0 Å². The van der Waals surface area contributed by atoms with Crippen LogP contribution in [0.4, 0.5) is 0 Å². The fraction of sp³-hybridized carbons (Fsp3) is 0.500. The molecule has 72 valence electrons. The first kappa shape index (κ1) is 10.8. The summed E-state index contributed by atoms with van der Waals surface area (Å²) in [6, 6.07) is 10.8. The minimum Gasteiger partial charge on any atom is -0.0928 e. The second-order valence-electron chi connectivity index (χ2n) is 3.37. The maximum Gasteiger partial charge on any atom is 0.00371 e. The molecule has 0 heterocycles. The maximum atomic E-state index is 3.52. The molecule has 0 fully saturated rings. The lowest BCUT2D eigenvalue weighted by Gasteiger charge is -2.14. The summed E-state index contributed by atoms with van der Waals surface area (Å²) in [7, 11) is 0. The van der Waals surface area contributed by atoms with E-state index in [0.717, 1.165) is 11.2 Å². The van der Waals surface area contributed by atoms with Crippen molar-refractivity contribution in [1.82, 2.24) is 0 Å². The number of benzene rings is 1. The molecular weight excluding hydrogens is 224 g/mol. The summed E-state index contributed by atoms with van der Waals surface area (Å²) in [5.41, 5.74) is 1.49. The Morgan fingerprint density at radius 2 is 1.85 bits per heavy atom. The van der Waals surface area contributed by atoms with E-state index in [-0.39, 0.29) is 0 Å². The first-order valence-corrected chi connectivity index (χ1v) is 6.11. The average Bonchev–Trinajstić information content (AvgIpc) is 2.19. The van der Waals surface area contributed by atoms with Crippen molar-refractivity contribution >= 4 is 15.9 Å². The molecule has 0 radical (unpaired) electrons. The molecule has 1 aromatic rings. The number of halogens is 1. The second kappa shape index (κ2) is 6.20. The van der Waals surface area contributed by atoms with Crippen LogP contribution in [0, 0.1) is 0 Å². The normalized spacial score (nSPS) is 12.8. The van der Waals surface area contributed by atoms with E-state index in [1.807, 2.05) is 0 Å². The molecule has 0 aliphatic carbocycles. The van der Waals surface area contributed by atoms with E-state index in [0.29, 0.717) is 0 Å². The van der Waals surface area contributed by atoms with E-state index in [2.05, 4.69) is 53.2 Å². The summed E-state index contributed by atoms with van der Waals surface area (Å²) < 4.78 is 0. The molecule has 1 atom stereocenters. The van der Waals surface area contributed by atoms with Gasteiger partial charge in [-0.05, 0) is 24.3 Å². The molecule has 1 aromatic carbocycles. The van der Waals surface area contributed by atoms with Gasteiger partial charge in [0, 0.05) is 5.33 Å². The zero-order valence-electron chi connectivity index (χ0n) is 8.17. The monoisotopic (exact) mass is 240 g/mol. The van der Waals surface area contributed by atoms with Crippen molar-refractivity contribution in [1.29, 1.82) is 0 Å². The molecule has 13 heavy (non-hydrogen) atoms. The zero-order chi connectivity index (χ0) is 9.52. The molecule has 1 heteroatoms. The van der Waals surface area contributed by atoms with Crippen LogP contribution in [0.2, 0.25) is 0 Å². The average molecular weight is 241 g/mol. The van der Waals surface area contributed by atoms with Crippen LogP contribution in [0.5, 0.6) is 0 Å². The Kier molecular flexibility index (Phi) is 5.14. The molecule has 1 unspecified atom stereocenters. The molecule has 0 N–H and O–H groups in total. The van der Waals surface area contributed by atoms with Gasteiger partial charge in [-0.15, -0.1) is 0 Å². The van der Waals surface area contributed by atoms with E-state index in [4.69, 9.17) is 0 Å². The van der Waals surface area contributed by atoms with Gasteiger partial charge in [0.15, 0.2) is 0 Å². The number of alkyl halides is 1. The number of hydrogen-bond acceptors (Lipinski definition) is 0. The molecule has 0 aromatic heterocycles. The first-order chi connectivity index (χ1) is 6.38. The maximum absolute atomic E-state index is 3.52. The van der Waals surface area contributed by atoms with E-state index >= 15 is 0 Å². The molecular formula is C12H17Br. The van der Waals surface area contributed by atoms with Gasteiger partial charge in [-0.25, -0.2) is 0 Å². The lowest BCUT2D eigenvalue weighted by atomic mass is 9.92. The van der Waals surface area contributed by atoms with E-state index in [1.165, 1.54) is 24.8 Å². The summed E-state index contributed by atoms with van der Waals surface area (Å²) in [5.74, 6) is 0.741. The van der Waals surface area contributed by atoms with Crippen molar-refractivity contribution in [2.75, 3.05) is 5.33 Å².